The highest BCUT2D eigenvalue weighted by molar-refractivity contribution is 7.98. The van der Waals surface area contributed by atoms with E-state index in [-0.39, 0.29) is 5.91 Å². The molecular weight excluding hydrogens is 454 g/mol. The van der Waals surface area contributed by atoms with Gasteiger partial charge in [-0.1, -0.05) is 54.2 Å². The first-order valence-electron chi connectivity index (χ1n) is 11.4. The lowest BCUT2D eigenvalue weighted by Crippen LogP contribution is -2.23. The Morgan fingerprint density at radius 2 is 1.80 bits per heavy atom. The van der Waals surface area contributed by atoms with E-state index in [0.717, 1.165) is 39.7 Å². The van der Waals surface area contributed by atoms with Crippen LogP contribution in [0.5, 0.6) is 0 Å². The molecule has 0 aliphatic heterocycles. The van der Waals surface area contributed by atoms with Crippen molar-refractivity contribution in [2.24, 2.45) is 0 Å². The van der Waals surface area contributed by atoms with Gasteiger partial charge in [0.25, 0.3) is 5.91 Å². The number of thioether (sulfide) groups is 1. The van der Waals surface area contributed by atoms with Crippen LogP contribution in [0.15, 0.2) is 96.5 Å². The monoisotopic (exact) mass is 479 g/mol. The molecule has 6 nitrogen and oxygen atoms in total. The summed E-state index contributed by atoms with van der Waals surface area (Å²) in [5.41, 5.74) is 7.08. The van der Waals surface area contributed by atoms with Crippen molar-refractivity contribution in [3.05, 3.63) is 119 Å². The van der Waals surface area contributed by atoms with Crippen molar-refractivity contribution >= 4 is 28.7 Å². The molecule has 0 saturated carbocycles. The number of hydrogen-bond acceptors (Lipinski definition) is 5. The first kappa shape index (κ1) is 22.8. The zero-order valence-electron chi connectivity index (χ0n) is 19.4. The molecule has 0 spiro atoms. The van der Waals surface area contributed by atoms with Gasteiger partial charge in [-0.15, -0.1) is 0 Å². The molecule has 0 atom stereocenters. The molecule has 5 rings (SSSR count). The largest absolute Gasteiger partial charge is 0.346 e. The highest BCUT2D eigenvalue weighted by atomic mass is 32.2. The summed E-state index contributed by atoms with van der Waals surface area (Å²) in [7, 11) is 0. The van der Waals surface area contributed by atoms with E-state index in [4.69, 9.17) is 4.98 Å². The molecule has 0 bridgehead atoms. The van der Waals surface area contributed by atoms with Gasteiger partial charge < -0.3 is 9.88 Å². The first-order valence-corrected chi connectivity index (χ1v) is 12.4. The van der Waals surface area contributed by atoms with Crippen LogP contribution in [0.3, 0.4) is 0 Å². The Balaban J connectivity index is 1.28. The fourth-order valence-corrected chi connectivity index (χ4v) is 4.81. The SMILES string of the molecule is Cc1ccccc1Cn1c(SCc2ccc(C(=O)NCc3ccccn3)cc2)nc2ccncc21. The van der Waals surface area contributed by atoms with Crippen LogP contribution in [-0.4, -0.2) is 25.4 Å². The molecule has 1 amide bonds. The Hall–Kier alpha value is -3.97. The van der Waals surface area contributed by atoms with Crippen LogP contribution >= 0.6 is 11.8 Å². The summed E-state index contributed by atoms with van der Waals surface area (Å²) in [6, 6.07) is 23.8. The van der Waals surface area contributed by atoms with Crippen molar-refractivity contribution in [2.75, 3.05) is 0 Å². The van der Waals surface area contributed by atoms with Gasteiger partial charge in [0.05, 0.1) is 36.0 Å². The van der Waals surface area contributed by atoms with E-state index >= 15 is 0 Å². The Kier molecular flexibility index (Phi) is 6.86. The van der Waals surface area contributed by atoms with Crippen molar-refractivity contribution in [1.82, 2.24) is 24.8 Å². The van der Waals surface area contributed by atoms with Gasteiger partial charge >= 0.3 is 0 Å². The molecule has 1 N–H and O–H groups in total. The third-order valence-corrected chi connectivity index (χ3v) is 6.89. The van der Waals surface area contributed by atoms with Crippen molar-refractivity contribution in [2.45, 2.75) is 30.9 Å². The molecule has 3 heterocycles. The zero-order valence-corrected chi connectivity index (χ0v) is 20.2. The number of benzene rings is 2. The average Bonchev–Trinajstić information content (AvgIpc) is 3.25. The molecule has 0 fully saturated rings. The second kappa shape index (κ2) is 10.5. The van der Waals surface area contributed by atoms with E-state index in [2.05, 4.69) is 51.0 Å². The Morgan fingerprint density at radius 1 is 0.971 bits per heavy atom. The summed E-state index contributed by atoms with van der Waals surface area (Å²) in [6.45, 7) is 3.28. The highest BCUT2D eigenvalue weighted by Gasteiger charge is 2.13. The van der Waals surface area contributed by atoms with Gasteiger partial charge in [0.1, 0.15) is 0 Å². The van der Waals surface area contributed by atoms with E-state index in [1.54, 1.807) is 24.2 Å². The van der Waals surface area contributed by atoms with Crippen LogP contribution in [0.1, 0.15) is 32.7 Å². The number of carbonyl (C=O) groups excluding carboxylic acids is 1. The fraction of sp³-hybridized carbons (Fsp3) is 0.143. The van der Waals surface area contributed by atoms with Crippen LogP contribution in [-0.2, 0) is 18.8 Å². The number of imidazole rings is 1. The van der Waals surface area contributed by atoms with Gasteiger partial charge in [-0.3, -0.25) is 14.8 Å². The van der Waals surface area contributed by atoms with Crippen LogP contribution in [0.2, 0.25) is 0 Å². The minimum atomic E-state index is -0.109. The molecular formula is C28H25N5OS. The molecule has 7 heteroatoms. The van der Waals surface area contributed by atoms with Crippen molar-refractivity contribution in [3.63, 3.8) is 0 Å². The summed E-state index contributed by atoms with van der Waals surface area (Å²) < 4.78 is 2.23. The molecule has 0 aliphatic carbocycles. The minimum Gasteiger partial charge on any atom is -0.346 e. The third-order valence-electron chi connectivity index (χ3n) is 5.85. The van der Waals surface area contributed by atoms with E-state index < -0.39 is 0 Å². The molecule has 2 aromatic carbocycles. The molecule has 5 aromatic rings. The van der Waals surface area contributed by atoms with E-state index in [1.807, 2.05) is 54.7 Å². The number of nitrogens with zero attached hydrogens (tertiary/aromatic N) is 4. The maximum atomic E-state index is 12.5. The van der Waals surface area contributed by atoms with Gasteiger partial charge in [0.2, 0.25) is 0 Å². The Morgan fingerprint density at radius 3 is 2.60 bits per heavy atom. The quantitative estimate of drug-likeness (QED) is 0.302. The number of rotatable bonds is 8. The maximum Gasteiger partial charge on any atom is 0.251 e. The normalized spacial score (nSPS) is 11.0. The van der Waals surface area contributed by atoms with Gasteiger partial charge in [-0.05, 0) is 53.9 Å². The van der Waals surface area contributed by atoms with E-state index in [0.29, 0.717) is 12.1 Å². The summed E-state index contributed by atoms with van der Waals surface area (Å²) >= 11 is 1.69. The standard InChI is InChI=1S/C28H25N5OS/c1-20-6-2-3-7-23(20)18-33-26-17-29-15-13-25(26)32-28(33)35-19-21-9-11-22(12-10-21)27(34)31-16-24-8-4-5-14-30-24/h2-15,17H,16,18-19H2,1H3,(H,31,34). The lowest BCUT2D eigenvalue weighted by Gasteiger charge is -2.11. The number of hydrogen-bond donors (Lipinski definition) is 1. The molecule has 35 heavy (non-hydrogen) atoms. The van der Waals surface area contributed by atoms with Crippen molar-refractivity contribution in [3.8, 4) is 0 Å². The summed E-state index contributed by atoms with van der Waals surface area (Å²) in [4.78, 5) is 25.9. The Labute approximate surface area is 208 Å². The number of nitrogens with one attached hydrogen (secondary N) is 1. The molecule has 0 aliphatic rings. The summed E-state index contributed by atoms with van der Waals surface area (Å²) in [5.74, 6) is 0.641. The summed E-state index contributed by atoms with van der Waals surface area (Å²) in [5, 5.41) is 3.87. The zero-order chi connectivity index (χ0) is 24.0. The predicted molar refractivity (Wildman–Crippen MR) is 139 cm³/mol. The van der Waals surface area contributed by atoms with Crippen molar-refractivity contribution in [1.29, 1.82) is 0 Å². The highest BCUT2D eigenvalue weighted by Crippen LogP contribution is 2.28. The smallest absolute Gasteiger partial charge is 0.251 e. The lowest BCUT2D eigenvalue weighted by molar-refractivity contribution is 0.0950. The van der Waals surface area contributed by atoms with E-state index in [1.165, 1.54) is 11.1 Å². The van der Waals surface area contributed by atoms with Gasteiger partial charge in [-0.2, -0.15) is 0 Å². The number of fused-ring (bicyclic) bond motifs is 1. The third kappa shape index (κ3) is 5.41. The van der Waals surface area contributed by atoms with Crippen LogP contribution in [0, 0.1) is 6.92 Å². The number of pyridine rings is 2. The van der Waals surface area contributed by atoms with Gasteiger partial charge in [0.15, 0.2) is 5.16 Å². The van der Waals surface area contributed by atoms with Gasteiger partial charge in [0, 0.05) is 23.7 Å². The van der Waals surface area contributed by atoms with Crippen LogP contribution in [0.4, 0.5) is 0 Å². The second-order valence-corrected chi connectivity index (χ2v) is 9.20. The lowest BCUT2D eigenvalue weighted by atomic mass is 10.1. The fourth-order valence-electron chi connectivity index (χ4n) is 3.84. The van der Waals surface area contributed by atoms with E-state index in [9.17, 15) is 4.79 Å². The average molecular weight is 480 g/mol. The van der Waals surface area contributed by atoms with Crippen LogP contribution in [0.25, 0.3) is 11.0 Å². The van der Waals surface area contributed by atoms with Crippen molar-refractivity contribution < 1.29 is 4.79 Å². The number of amides is 1. The molecule has 0 saturated heterocycles. The molecule has 174 valence electrons. The number of aromatic nitrogens is 4. The molecule has 0 unspecified atom stereocenters. The Bertz CT molecular complexity index is 1450. The molecule has 3 aromatic heterocycles. The topological polar surface area (TPSA) is 72.7 Å². The van der Waals surface area contributed by atoms with Gasteiger partial charge in [-0.25, -0.2) is 4.98 Å². The minimum absolute atomic E-state index is 0.109. The predicted octanol–water partition coefficient (Wildman–Crippen LogP) is 5.41. The second-order valence-electron chi connectivity index (χ2n) is 8.26. The summed E-state index contributed by atoms with van der Waals surface area (Å²) in [6.07, 6.45) is 5.38. The first-order chi connectivity index (χ1) is 17.2. The number of aryl methyl sites for hydroxylation is 1. The molecule has 0 radical (unpaired) electrons. The maximum absolute atomic E-state index is 12.5. The van der Waals surface area contributed by atoms with Crippen LogP contribution < -0.4 is 5.32 Å². The number of carbonyl (C=O) groups is 1.